The number of nitrogens with zero attached hydrogens (tertiary/aromatic N) is 4. The maximum Gasteiger partial charge on any atom is 0.258 e. The van der Waals surface area contributed by atoms with E-state index in [4.69, 9.17) is 4.52 Å². The van der Waals surface area contributed by atoms with Crippen LogP contribution >= 0.6 is 0 Å². The van der Waals surface area contributed by atoms with Crippen LogP contribution in [0.3, 0.4) is 0 Å². The summed E-state index contributed by atoms with van der Waals surface area (Å²) >= 11 is 0. The maximum absolute atomic E-state index is 5.56. The number of para-hydroxylation sites is 3. The average Bonchev–Trinajstić information content (AvgIpc) is 3.80. The van der Waals surface area contributed by atoms with Crippen LogP contribution in [0.2, 0.25) is 0 Å². The summed E-state index contributed by atoms with van der Waals surface area (Å²) in [5.41, 5.74) is 12.1. The van der Waals surface area contributed by atoms with Crippen molar-refractivity contribution in [3.63, 3.8) is 0 Å². The van der Waals surface area contributed by atoms with Gasteiger partial charge in [0.05, 0.1) is 11.0 Å². The van der Waals surface area contributed by atoms with Gasteiger partial charge in [-0.3, -0.25) is 0 Å². The van der Waals surface area contributed by atoms with Gasteiger partial charge >= 0.3 is 0 Å². The largest absolute Gasteiger partial charge is 0.334 e. The summed E-state index contributed by atoms with van der Waals surface area (Å²) in [5.74, 6) is 1.10. The number of hydrogen-bond acceptors (Lipinski definition) is 4. The van der Waals surface area contributed by atoms with Crippen LogP contribution in [-0.4, -0.2) is 14.7 Å². The molecule has 5 heteroatoms. The summed E-state index contributed by atoms with van der Waals surface area (Å²) in [4.78, 5) is 6.96. The van der Waals surface area contributed by atoms with Crippen LogP contribution in [0.25, 0.3) is 61.5 Å². The average molecular weight is 645 g/mol. The Morgan fingerprint density at radius 3 is 1.82 bits per heavy atom. The molecule has 0 spiro atoms. The van der Waals surface area contributed by atoms with Gasteiger partial charge in [-0.15, -0.1) is 0 Å². The van der Waals surface area contributed by atoms with E-state index in [1.807, 2.05) is 30.3 Å². The van der Waals surface area contributed by atoms with Crippen molar-refractivity contribution in [3.05, 3.63) is 181 Å². The predicted octanol–water partition coefficient (Wildman–Crippen LogP) is 11.9. The Morgan fingerprint density at radius 1 is 0.500 bits per heavy atom. The molecule has 0 aliphatic rings. The van der Waals surface area contributed by atoms with Gasteiger partial charge in [-0.05, 0) is 102 Å². The van der Waals surface area contributed by atoms with Crippen LogP contribution in [0.4, 0.5) is 17.1 Å². The molecule has 9 aromatic rings. The lowest BCUT2D eigenvalue weighted by Gasteiger charge is -2.25. The molecule has 0 amide bonds. The van der Waals surface area contributed by atoms with Crippen molar-refractivity contribution < 1.29 is 4.52 Å². The van der Waals surface area contributed by atoms with Crippen LogP contribution in [0.15, 0.2) is 180 Å². The van der Waals surface area contributed by atoms with E-state index < -0.39 is 0 Å². The molecule has 0 bridgehead atoms. The Morgan fingerprint density at radius 2 is 1.12 bits per heavy atom. The van der Waals surface area contributed by atoms with Crippen LogP contribution in [0.5, 0.6) is 0 Å². The van der Waals surface area contributed by atoms with E-state index in [0.29, 0.717) is 11.7 Å². The highest BCUT2D eigenvalue weighted by atomic mass is 16.5. The molecule has 0 aliphatic heterocycles. The molecule has 0 saturated heterocycles. The zero-order chi connectivity index (χ0) is 33.4. The first-order chi connectivity index (χ1) is 24.7. The molecular weight excluding hydrogens is 613 g/mol. The molecule has 0 radical (unpaired) electrons. The fourth-order valence-corrected chi connectivity index (χ4v) is 6.93. The highest BCUT2D eigenvalue weighted by Gasteiger charge is 2.18. The second-order valence-electron chi connectivity index (χ2n) is 12.4. The minimum absolute atomic E-state index is 0.518. The molecule has 0 N–H and O–H groups in total. The van der Waals surface area contributed by atoms with Crippen molar-refractivity contribution in [1.82, 2.24) is 14.7 Å². The summed E-state index contributed by atoms with van der Waals surface area (Å²) in [6, 6.07) is 61.6. The van der Waals surface area contributed by atoms with Crippen LogP contribution < -0.4 is 4.90 Å². The highest BCUT2D eigenvalue weighted by molar-refractivity contribution is 6.10. The van der Waals surface area contributed by atoms with Crippen molar-refractivity contribution in [2.24, 2.45) is 0 Å². The fourth-order valence-electron chi connectivity index (χ4n) is 6.93. The van der Waals surface area contributed by atoms with Crippen LogP contribution in [0.1, 0.15) is 5.56 Å². The Bertz CT molecular complexity index is 2550. The molecule has 50 heavy (non-hydrogen) atoms. The second kappa shape index (κ2) is 12.4. The van der Waals surface area contributed by atoms with E-state index in [0.717, 1.165) is 45.0 Å². The third kappa shape index (κ3) is 5.22. The van der Waals surface area contributed by atoms with Crippen LogP contribution in [0, 0.1) is 6.92 Å². The molecule has 0 unspecified atom stereocenters. The third-order valence-corrected chi connectivity index (χ3v) is 9.31. The molecule has 9 rings (SSSR count). The number of aryl methyl sites for hydroxylation is 1. The number of aromatic nitrogens is 3. The van der Waals surface area contributed by atoms with E-state index in [2.05, 4.69) is 172 Å². The zero-order valence-electron chi connectivity index (χ0n) is 27.4. The van der Waals surface area contributed by atoms with Gasteiger partial charge in [0, 0.05) is 44.6 Å². The lowest BCUT2D eigenvalue weighted by molar-refractivity contribution is 0.432. The van der Waals surface area contributed by atoms with Gasteiger partial charge in [0.25, 0.3) is 5.89 Å². The van der Waals surface area contributed by atoms with Crippen molar-refractivity contribution in [2.45, 2.75) is 6.92 Å². The first-order valence-electron chi connectivity index (χ1n) is 16.8. The monoisotopic (exact) mass is 644 g/mol. The van der Waals surface area contributed by atoms with E-state index in [-0.39, 0.29) is 0 Å². The third-order valence-electron chi connectivity index (χ3n) is 9.31. The Hall–Kier alpha value is -6.72. The number of benzene rings is 7. The van der Waals surface area contributed by atoms with Crippen LogP contribution in [-0.2, 0) is 0 Å². The fraction of sp³-hybridized carbons (Fsp3) is 0.0222. The lowest BCUT2D eigenvalue weighted by Crippen LogP contribution is -2.09. The summed E-state index contributed by atoms with van der Waals surface area (Å²) < 4.78 is 7.93. The molecule has 0 saturated carbocycles. The topological polar surface area (TPSA) is 47.1 Å². The van der Waals surface area contributed by atoms with Crippen molar-refractivity contribution in [1.29, 1.82) is 0 Å². The van der Waals surface area contributed by atoms with Gasteiger partial charge in [0.15, 0.2) is 0 Å². The Kier molecular flexibility index (Phi) is 7.29. The minimum atomic E-state index is 0.518. The molecule has 2 aromatic heterocycles. The molecule has 5 nitrogen and oxygen atoms in total. The molecule has 7 aromatic carbocycles. The van der Waals surface area contributed by atoms with E-state index >= 15 is 0 Å². The Labute approximate surface area is 290 Å². The lowest BCUT2D eigenvalue weighted by atomic mass is 9.98. The normalized spacial score (nSPS) is 11.3. The number of fused-ring (bicyclic) bond motifs is 3. The molecule has 0 fully saturated rings. The van der Waals surface area contributed by atoms with Gasteiger partial charge in [0.2, 0.25) is 5.82 Å². The van der Waals surface area contributed by atoms with Crippen molar-refractivity contribution >= 4 is 38.9 Å². The zero-order valence-corrected chi connectivity index (χ0v) is 27.4. The van der Waals surface area contributed by atoms with Gasteiger partial charge in [-0.2, -0.15) is 4.98 Å². The quantitative estimate of drug-likeness (QED) is 0.173. The molecule has 2 heterocycles. The van der Waals surface area contributed by atoms with Gasteiger partial charge in [-0.25, -0.2) is 0 Å². The molecule has 238 valence electrons. The maximum atomic E-state index is 5.56. The SMILES string of the molecule is Cc1cc(-c2noc(-c3ccccc3)n2)ccc1-c1ccc(-n2c3ccccc3c3cc(N(c4ccccc4)c4ccccc4)ccc32)cc1. The Balaban J connectivity index is 1.07. The predicted molar refractivity (Wildman–Crippen MR) is 204 cm³/mol. The molecule has 0 aliphatic carbocycles. The standard InChI is InChI=1S/C45H32N4O/c1-31-29-34(44-46-45(50-47-44)33-13-5-2-6-14-33)23-27-39(31)32-21-24-37(25-22-32)49-42-20-12-11-19-40(42)41-30-38(26-28-43(41)49)48(35-15-7-3-8-16-35)36-17-9-4-10-18-36/h2-30H,1H3. The minimum Gasteiger partial charge on any atom is -0.334 e. The van der Waals surface area contributed by atoms with Crippen molar-refractivity contribution in [2.75, 3.05) is 4.90 Å². The van der Waals surface area contributed by atoms with Gasteiger partial charge in [0.1, 0.15) is 0 Å². The first-order valence-corrected chi connectivity index (χ1v) is 16.8. The second-order valence-corrected chi connectivity index (χ2v) is 12.4. The van der Waals surface area contributed by atoms with Crippen molar-refractivity contribution in [3.8, 4) is 39.7 Å². The molecular formula is C45H32N4O. The number of anilines is 3. The summed E-state index contributed by atoms with van der Waals surface area (Å²) in [6.07, 6.45) is 0. The molecule has 0 atom stereocenters. The summed E-state index contributed by atoms with van der Waals surface area (Å²) in [7, 11) is 0. The first kappa shape index (κ1) is 29.4. The smallest absolute Gasteiger partial charge is 0.258 e. The van der Waals surface area contributed by atoms with Gasteiger partial charge in [-0.1, -0.05) is 102 Å². The summed E-state index contributed by atoms with van der Waals surface area (Å²) in [5, 5.41) is 6.68. The van der Waals surface area contributed by atoms with E-state index in [1.165, 1.54) is 27.4 Å². The van der Waals surface area contributed by atoms with Gasteiger partial charge < -0.3 is 14.0 Å². The van der Waals surface area contributed by atoms with E-state index in [9.17, 15) is 0 Å². The highest BCUT2D eigenvalue weighted by Crippen LogP contribution is 2.40. The van der Waals surface area contributed by atoms with E-state index in [1.54, 1.807) is 0 Å². The summed E-state index contributed by atoms with van der Waals surface area (Å²) in [6.45, 7) is 2.13. The number of rotatable bonds is 7. The number of hydrogen-bond donors (Lipinski definition) is 0.